The highest BCUT2D eigenvalue weighted by Crippen LogP contribution is 2.27. The summed E-state index contributed by atoms with van der Waals surface area (Å²) in [5.41, 5.74) is 0. The molecule has 11 heavy (non-hydrogen) atoms. The monoisotopic (exact) mass is 174 g/mol. The molecule has 0 radical (unpaired) electrons. The topological polar surface area (TPSA) is 0 Å². The minimum Gasteiger partial charge on any atom is -0.127 e. The molecule has 0 aliphatic heterocycles. The van der Waals surface area contributed by atoms with Crippen molar-refractivity contribution >= 4 is 11.6 Å². The van der Waals surface area contributed by atoms with Gasteiger partial charge in [0.1, 0.15) is 0 Å². The maximum Gasteiger partial charge on any atom is 0.0223 e. The molecule has 0 aromatic heterocycles. The molecule has 1 aliphatic rings. The zero-order chi connectivity index (χ0) is 7.94. The van der Waals surface area contributed by atoms with Gasteiger partial charge in [-0.1, -0.05) is 44.9 Å². The summed E-state index contributed by atoms with van der Waals surface area (Å²) in [6.45, 7) is 0. The van der Waals surface area contributed by atoms with Crippen LogP contribution in [0.25, 0.3) is 0 Å². The lowest BCUT2D eigenvalue weighted by Gasteiger charge is -2.20. The lowest BCUT2D eigenvalue weighted by atomic mass is 9.86. The van der Waals surface area contributed by atoms with Crippen LogP contribution in [-0.4, -0.2) is 5.88 Å². The maximum atomic E-state index is 5.62. The lowest BCUT2D eigenvalue weighted by Crippen LogP contribution is -2.05. The molecule has 0 bridgehead atoms. The Labute approximate surface area is 75.3 Å². The second kappa shape index (κ2) is 5.88. The van der Waals surface area contributed by atoms with Crippen molar-refractivity contribution in [3.8, 4) is 0 Å². The molecule has 0 N–H and O–H groups in total. The average Bonchev–Trinajstić information content (AvgIpc) is 2.07. The third kappa shape index (κ3) is 4.00. The summed E-state index contributed by atoms with van der Waals surface area (Å²) in [7, 11) is 0. The summed E-state index contributed by atoms with van der Waals surface area (Å²) in [5.74, 6) is 1.90. The molecule has 0 heterocycles. The van der Waals surface area contributed by atoms with Gasteiger partial charge in [0, 0.05) is 5.88 Å². The largest absolute Gasteiger partial charge is 0.127 e. The minimum atomic E-state index is 0.854. The molecule has 0 amide bonds. The van der Waals surface area contributed by atoms with Crippen LogP contribution in [0.5, 0.6) is 0 Å². The van der Waals surface area contributed by atoms with Crippen LogP contribution in [0.3, 0.4) is 0 Å². The predicted octanol–water partition coefficient (Wildman–Crippen LogP) is 3.98. The van der Waals surface area contributed by atoms with E-state index in [1.165, 1.54) is 51.4 Å². The highest BCUT2D eigenvalue weighted by Gasteiger charge is 2.11. The molecule has 1 fully saturated rings. The van der Waals surface area contributed by atoms with E-state index < -0.39 is 0 Å². The Morgan fingerprint density at radius 3 is 2.36 bits per heavy atom. The Morgan fingerprint density at radius 2 is 1.73 bits per heavy atom. The second-order valence-electron chi connectivity index (χ2n) is 3.69. The fourth-order valence-electron chi connectivity index (χ4n) is 2.00. The van der Waals surface area contributed by atoms with Crippen LogP contribution in [0, 0.1) is 5.92 Å². The van der Waals surface area contributed by atoms with E-state index in [1.54, 1.807) is 0 Å². The Kier molecular flexibility index (Phi) is 5.01. The van der Waals surface area contributed by atoms with E-state index in [0.717, 1.165) is 11.8 Å². The lowest BCUT2D eigenvalue weighted by molar-refractivity contribution is 0.331. The first-order valence-electron chi connectivity index (χ1n) is 4.99. The van der Waals surface area contributed by atoms with Gasteiger partial charge in [-0.05, 0) is 12.3 Å². The molecular formula is C10H19Cl. The first kappa shape index (κ1) is 9.38. The third-order valence-corrected chi connectivity index (χ3v) is 2.99. The van der Waals surface area contributed by atoms with Crippen molar-refractivity contribution in [3.05, 3.63) is 0 Å². The van der Waals surface area contributed by atoms with Gasteiger partial charge >= 0.3 is 0 Å². The van der Waals surface area contributed by atoms with E-state index in [0.29, 0.717) is 0 Å². The summed E-state index contributed by atoms with van der Waals surface area (Å²) >= 11 is 5.62. The van der Waals surface area contributed by atoms with E-state index in [9.17, 15) is 0 Å². The summed E-state index contributed by atoms with van der Waals surface area (Å²) in [5, 5.41) is 0. The average molecular weight is 175 g/mol. The van der Waals surface area contributed by atoms with Crippen molar-refractivity contribution in [2.45, 2.75) is 51.4 Å². The van der Waals surface area contributed by atoms with Gasteiger partial charge in [-0.25, -0.2) is 0 Å². The summed E-state index contributed by atoms with van der Waals surface area (Å²) in [6, 6.07) is 0. The van der Waals surface area contributed by atoms with Crippen molar-refractivity contribution in [1.82, 2.24) is 0 Å². The van der Waals surface area contributed by atoms with Gasteiger partial charge in [-0.2, -0.15) is 0 Å². The molecule has 1 saturated carbocycles. The molecule has 1 aliphatic carbocycles. The first-order valence-corrected chi connectivity index (χ1v) is 5.53. The third-order valence-electron chi connectivity index (χ3n) is 2.72. The first-order chi connectivity index (χ1) is 5.43. The van der Waals surface area contributed by atoms with Gasteiger partial charge < -0.3 is 0 Å². The zero-order valence-electron chi connectivity index (χ0n) is 7.32. The minimum absolute atomic E-state index is 0.854. The highest BCUT2D eigenvalue weighted by atomic mass is 35.5. The van der Waals surface area contributed by atoms with E-state index in [2.05, 4.69) is 0 Å². The summed E-state index contributed by atoms with van der Waals surface area (Å²) in [6.07, 6.45) is 11.4. The maximum absolute atomic E-state index is 5.62. The molecule has 1 rings (SSSR count). The van der Waals surface area contributed by atoms with Crippen molar-refractivity contribution in [3.63, 3.8) is 0 Å². The standard InChI is InChI=1S/C10H19Cl/c11-9-5-4-8-10-6-2-1-3-7-10/h10H,1-9H2. The molecule has 0 aromatic carbocycles. The molecule has 1 heteroatoms. The van der Waals surface area contributed by atoms with Crippen molar-refractivity contribution < 1.29 is 0 Å². The molecule has 0 unspecified atom stereocenters. The SMILES string of the molecule is ClCCCCC1CCCCC1. The number of unbranched alkanes of at least 4 members (excludes halogenated alkanes) is 1. The Morgan fingerprint density at radius 1 is 1.00 bits per heavy atom. The molecule has 0 saturated heterocycles. The van der Waals surface area contributed by atoms with Crippen LogP contribution in [0.4, 0.5) is 0 Å². The molecule has 0 aromatic rings. The van der Waals surface area contributed by atoms with E-state index in [-0.39, 0.29) is 0 Å². The smallest absolute Gasteiger partial charge is 0.0223 e. The van der Waals surface area contributed by atoms with E-state index in [1.807, 2.05) is 0 Å². The fourth-order valence-corrected chi connectivity index (χ4v) is 2.19. The van der Waals surface area contributed by atoms with Crippen LogP contribution < -0.4 is 0 Å². The summed E-state index contributed by atoms with van der Waals surface area (Å²) in [4.78, 5) is 0. The molecule has 0 atom stereocenters. The van der Waals surface area contributed by atoms with Gasteiger partial charge in [0.15, 0.2) is 0 Å². The van der Waals surface area contributed by atoms with Crippen LogP contribution >= 0.6 is 11.6 Å². The molecule has 0 spiro atoms. The van der Waals surface area contributed by atoms with Crippen LogP contribution in [0.15, 0.2) is 0 Å². The second-order valence-corrected chi connectivity index (χ2v) is 4.07. The van der Waals surface area contributed by atoms with E-state index >= 15 is 0 Å². The number of alkyl halides is 1. The Balaban J connectivity index is 1.96. The summed E-state index contributed by atoms with van der Waals surface area (Å²) < 4.78 is 0. The number of rotatable bonds is 4. The number of halogens is 1. The van der Waals surface area contributed by atoms with Crippen LogP contribution in [0.1, 0.15) is 51.4 Å². The van der Waals surface area contributed by atoms with Crippen molar-refractivity contribution in [2.24, 2.45) is 5.92 Å². The fraction of sp³-hybridized carbons (Fsp3) is 1.00. The van der Waals surface area contributed by atoms with Gasteiger partial charge in [-0.15, -0.1) is 11.6 Å². The van der Waals surface area contributed by atoms with E-state index in [4.69, 9.17) is 11.6 Å². The molecule has 66 valence electrons. The van der Waals surface area contributed by atoms with Crippen molar-refractivity contribution in [2.75, 3.05) is 5.88 Å². The highest BCUT2D eigenvalue weighted by molar-refractivity contribution is 6.17. The molecule has 0 nitrogen and oxygen atoms in total. The van der Waals surface area contributed by atoms with Gasteiger partial charge in [0.05, 0.1) is 0 Å². The van der Waals surface area contributed by atoms with Gasteiger partial charge in [0.2, 0.25) is 0 Å². The van der Waals surface area contributed by atoms with Gasteiger partial charge in [-0.3, -0.25) is 0 Å². The van der Waals surface area contributed by atoms with Gasteiger partial charge in [0.25, 0.3) is 0 Å². The quantitative estimate of drug-likeness (QED) is 0.447. The Hall–Kier alpha value is 0.290. The van der Waals surface area contributed by atoms with Crippen molar-refractivity contribution in [1.29, 1.82) is 0 Å². The number of hydrogen-bond donors (Lipinski definition) is 0. The predicted molar refractivity (Wildman–Crippen MR) is 51.1 cm³/mol. The number of hydrogen-bond acceptors (Lipinski definition) is 0. The normalized spacial score (nSPS) is 20.5. The molecular weight excluding hydrogens is 156 g/mol. The Bertz CT molecular complexity index is 84.9. The van der Waals surface area contributed by atoms with Crippen LogP contribution in [0.2, 0.25) is 0 Å². The van der Waals surface area contributed by atoms with Crippen LogP contribution in [-0.2, 0) is 0 Å². The zero-order valence-corrected chi connectivity index (χ0v) is 8.08.